The predicted molar refractivity (Wildman–Crippen MR) is 72.4 cm³/mol. The molecule has 1 aliphatic rings. The summed E-state index contributed by atoms with van der Waals surface area (Å²) in [5, 5.41) is -0.167. The Morgan fingerprint density at radius 1 is 1.50 bits per heavy atom. The maximum absolute atomic E-state index is 11.9. The van der Waals surface area contributed by atoms with Crippen LogP contribution in [0, 0.1) is 0 Å². The molecule has 1 heterocycles. The molecule has 0 saturated heterocycles. The second-order valence-corrected chi connectivity index (χ2v) is 5.31. The molecule has 2 rings (SSSR count). The SMILES string of the molecule is CCN1C(=O)Cc2cc(C(=O)CC(C)Cl)ccc21. The van der Waals surface area contributed by atoms with Gasteiger partial charge in [0.15, 0.2) is 5.78 Å². The normalized spacial score (nSPS) is 15.7. The largest absolute Gasteiger partial charge is 0.312 e. The molecule has 1 amide bonds. The number of carbonyl (C=O) groups excluding carboxylic acids is 2. The van der Waals surface area contributed by atoms with Crippen molar-refractivity contribution in [2.24, 2.45) is 0 Å². The van der Waals surface area contributed by atoms with E-state index in [4.69, 9.17) is 11.6 Å². The second-order valence-electron chi connectivity index (χ2n) is 4.57. The van der Waals surface area contributed by atoms with Gasteiger partial charge in [0.05, 0.1) is 6.42 Å². The molecule has 1 aliphatic heterocycles. The van der Waals surface area contributed by atoms with Crippen molar-refractivity contribution >= 4 is 29.0 Å². The molecule has 0 bridgehead atoms. The van der Waals surface area contributed by atoms with Gasteiger partial charge in [0, 0.05) is 29.6 Å². The van der Waals surface area contributed by atoms with Gasteiger partial charge in [-0.15, -0.1) is 11.6 Å². The van der Waals surface area contributed by atoms with E-state index < -0.39 is 0 Å². The molecular weight excluding hydrogens is 250 g/mol. The number of hydrogen-bond acceptors (Lipinski definition) is 2. The Kier molecular flexibility index (Phi) is 3.71. The molecule has 0 radical (unpaired) electrons. The van der Waals surface area contributed by atoms with Gasteiger partial charge in [-0.1, -0.05) is 0 Å². The third-order valence-electron chi connectivity index (χ3n) is 3.12. The van der Waals surface area contributed by atoms with Crippen LogP contribution < -0.4 is 4.90 Å². The summed E-state index contributed by atoms with van der Waals surface area (Å²) in [6.07, 6.45) is 0.715. The van der Waals surface area contributed by atoms with Crippen molar-refractivity contribution in [3.8, 4) is 0 Å². The van der Waals surface area contributed by atoms with Gasteiger partial charge in [0.25, 0.3) is 0 Å². The van der Waals surface area contributed by atoms with Crippen LogP contribution in [0.3, 0.4) is 0 Å². The average Bonchev–Trinajstić information content (AvgIpc) is 2.62. The minimum absolute atomic E-state index is 0.0303. The standard InChI is InChI=1S/C14H16ClNO2/c1-3-16-12-5-4-10(13(17)6-9(2)15)7-11(12)8-14(16)18/h4-5,7,9H,3,6,8H2,1-2H3. The number of likely N-dealkylation sites (N-methyl/N-ethyl adjacent to an activating group) is 1. The first-order chi connectivity index (χ1) is 8.52. The molecule has 0 aliphatic carbocycles. The van der Waals surface area contributed by atoms with Crippen molar-refractivity contribution in [1.29, 1.82) is 0 Å². The summed E-state index contributed by atoms with van der Waals surface area (Å²) in [5.41, 5.74) is 2.51. The third-order valence-corrected chi connectivity index (χ3v) is 3.27. The predicted octanol–water partition coefficient (Wildman–Crippen LogP) is 2.80. The third kappa shape index (κ3) is 2.41. The van der Waals surface area contributed by atoms with Crippen LogP contribution >= 0.6 is 11.6 Å². The summed E-state index contributed by atoms with van der Waals surface area (Å²) >= 11 is 5.83. The number of Topliss-reactive ketones (excluding diaryl/α,β-unsaturated/α-hetero) is 1. The number of hydrogen-bond donors (Lipinski definition) is 0. The van der Waals surface area contributed by atoms with Gasteiger partial charge in [0.2, 0.25) is 5.91 Å². The van der Waals surface area contributed by atoms with E-state index in [1.165, 1.54) is 0 Å². The van der Waals surface area contributed by atoms with E-state index >= 15 is 0 Å². The monoisotopic (exact) mass is 265 g/mol. The highest BCUT2D eigenvalue weighted by molar-refractivity contribution is 6.22. The van der Waals surface area contributed by atoms with E-state index in [9.17, 15) is 9.59 Å². The van der Waals surface area contributed by atoms with Crippen LogP contribution in [-0.2, 0) is 11.2 Å². The van der Waals surface area contributed by atoms with Crippen LogP contribution in [0.1, 0.15) is 36.2 Å². The van der Waals surface area contributed by atoms with Crippen LogP contribution in [-0.4, -0.2) is 23.6 Å². The van der Waals surface area contributed by atoms with Crippen LogP contribution in [0.25, 0.3) is 0 Å². The highest BCUT2D eigenvalue weighted by Gasteiger charge is 2.26. The van der Waals surface area contributed by atoms with Gasteiger partial charge in [0.1, 0.15) is 0 Å². The average molecular weight is 266 g/mol. The molecular formula is C14H16ClNO2. The molecule has 1 atom stereocenters. The van der Waals surface area contributed by atoms with Gasteiger partial charge < -0.3 is 4.90 Å². The zero-order chi connectivity index (χ0) is 13.3. The quantitative estimate of drug-likeness (QED) is 0.620. The van der Waals surface area contributed by atoms with E-state index in [0.717, 1.165) is 11.3 Å². The molecule has 0 N–H and O–H groups in total. The van der Waals surface area contributed by atoms with Gasteiger partial charge in [-0.3, -0.25) is 9.59 Å². The van der Waals surface area contributed by atoms with E-state index in [-0.39, 0.29) is 17.1 Å². The lowest BCUT2D eigenvalue weighted by Crippen LogP contribution is -2.25. The Labute approximate surface area is 112 Å². The van der Waals surface area contributed by atoms with Crippen molar-refractivity contribution in [3.63, 3.8) is 0 Å². The molecule has 3 nitrogen and oxygen atoms in total. The number of alkyl halides is 1. The number of anilines is 1. The molecule has 0 spiro atoms. The first-order valence-corrected chi connectivity index (χ1v) is 6.57. The zero-order valence-electron chi connectivity index (χ0n) is 10.6. The maximum Gasteiger partial charge on any atom is 0.231 e. The summed E-state index contributed by atoms with van der Waals surface area (Å²) in [6.45, 7) is 4.41. The second kappa shape index (κ2) is 5.11. The van der Waals surface area contributed by atoms with E-state index in [0.29, 0.717) is 24.9 Å². The van der Waals surface area contributed by atoms with Crippen LogP contribution in [0.15, 0.2) is 18.2 Å². The molecule has 0 aromatic heterocycles. The fraction of sp³-hybridized carbons (Fsp3) is 0.429. The molecule has 96 valence electrons. The lowest BCUT2D eigenvalue weighted by Gasteiger charge is -2.14. The van der Waals surface area contributed by atoms with Crippen LogP contribution in [0.5, 0.6) is 0 Å². The van der Waals surface area contributed by atoms with Gasteiger partial charge in [-0.2, -0.15) is 0 Å². The lowest BCUT2D eigenvalue weighted by molar-refractivity contribution is -0.117. The molecule has 0 fully saturated rings. The number of rotatable bonds is 4. The smallest absolute Gasteiger partial charge is 0.231 e. The Morgan fingerprint density at radius 2 is 2.22 bits per heavy atom. The van der Waals surface area contributed by atoms with Gasteiger partial charge in [-0.25, -0.2) is 0 Å². The number of fused-ring (bicyclic) bond motifs is 1. The summed E-state index contributed by atoms with van der Waals surface area (Å²) in [5.74, 6) is 0.130. The summed E-state index contributed by atoms with van der Waals surface area (Å²) in [7, 11) is 0. The number of amides is 1. The van der Waals surface area contributed by atoms with Crippen molar-refractivity contribution in [2.45, 2.75) is 32.1 Å². The Morgan fingerprint density at radius 3 is 2.83 bits per heavy atom. The van der Waals surface area contributed by atoms with Crippen molar-refractivity contribution < 1.29 is 9.59 Å². The van der Waals surface area contributed by atoms with Crippen LogP contribution in [0.2, 0.25) is 0 Å². The number of benzene rings is 1. The van der Waals surface area contributed by atoms with E-state index in [2.05, 4.69) is 0 Å². The molecule has 0 saturated carbocycles. The minimum atomic E-state index is -0.167. The highest BCUT2D eigenvalue weighted by atomic mass is 35.5. The Bertz CT molecular complexity index is 497. The number of nitrogens with zero attached hydrogens (tertiary/aromatic N) is 1. The first kappa shape index (κ1) is 13.1. The van der Waals surface area contributed by atoms with Gasteiger partial charge >= 0.3 is 0 Å². The zero-order valence-corrected chi connectivity index (χ0v) is 11.3. The first-order valence-electron chi connectivity index (χ1n) is 6.13. The molecule has 1 aromatic rings. The van der Waals surface area contributed by atoms with E-state index in [1.54, 1.807) is 17.9 Å². The minimum Gasteiger partial charge on any atom is -0.312 e. The Hall–Kier alpha value is -1.35. The van der Waals surface area contributed by atoms with E-state index in [1.807, 2.05) is 19.1 Å². The Balaban J connectivity index is 2.27. The van der Waals surface area contributed by atoms with Crippen molar-refractivity contribution in [2.75, 3.05) is 11.4 Å². The molecule has 18 heavy (non-hydrogen) atoms. The fourth-order valence-corrected chi connectivity index (χ4v) is 2.42. The topological polar surface area (TPSA) is 37.4 Å². The lowest BCUT2D eigenvalue weighted by atomic mass is 10.0. The van der Waals surface area contributed by atoms with Crippen LogP contribution in [0.4, 0.5) is 5.69 Å². The number of carbonyl (C=O) groups is 2. The molecule has 4 heteroatoms. The number of ketones is 1. The maximum atomic E-state index is 11.9. The summed E-state index contributed by atoms with van der Waals surface area (Å²) in [6, 6.07) is 5.46. The van der Waals surface area contributed by atoms with Gasteiger partial charge in [-0.05, 0) is 37.6 Å². The van der Waals surface area contributed by atoms with Crippen molar-refractivity contribution in [3.05, 3.63) is 29.3 Å². The highest BCUT2D eigenvalue weighted by Crippen LogP contribution is 2.29. The summed E-state index contributed by atoms with van der Waals surface area (Å²) < 4.78 is 0. The van der Waals surface area contributed by atoms with Crippen molar-refractivity contribution in [1.82, 2.24) is 0 Å². The molecule has 1 aromatic carbocycles. The fourth-order valence-electron chi connectivity index (χ4n) is 2.28. The molecule has 1 unspecified atom stereocenters. The summed E-state index contributed by atoms with van der Waals surface area (Å²) in [4.78, 5) is 25.4. The number of halogens is 1.